The van der Waals surface area contributed by atoms with Crippen LogP contribution in [0.3, 0.4) is 0 Å². The number of fused-ring (bicyclic) bond motifs is 1. The smallest absolute Gasteiger partial charge is 0.111 e. The molecular formula is C14H15IN4S. The van der Waals surface area contributed by atoms with Gasteiger partial charge in [0, 0.05) is 13.5 Å². The van der Waals surface area contributed by atoms with Crippen LogP contribution in [0.1, 0.15) is 17.4 Å². The predicted molar refractivity (Wildman–Crippen MR) is 91.5 cm³/mol. The molecular weight excluding hydrogens is 383 g/mol. The lowest BCUT2D eigenvalue weighted by molar-refractivity contribution is 0.533. The van der Waals surface area contributed by atoms with E-state index >= 15 is 0 Å². The molecule has 0 radical (unpaired) electrons. The van der Waals surface area contributed by atoms with E-state index in [9.17, 15) is 0 Å². The van der Waals surface area contributed by atoms with Gasteiger partial charge >= 0.3 is 0 Å². The Morgan fingerprint density at radius 2 is 2.25 bits per heavy atom. The molecule has 0 saturated carbocycles. The zero-order valence-corrected chi connectivity index (χ0v) is 14.0. The lowest BCUT2D eigenvalue weighted by Crippen LogP contribution is -2.30. The van der Waals surface area contributed by atoms with Crippen molar-refractivity contribution >= 4 is 45.0 Å². The Morgan fingerprint density at radius 1 is 1.45 bits per heavy atom. The summed E-state index contributed by atoms with van der Waals surface area (Å²) in [6.45, 7) is 0. The van der Waals surface area contributed by atoms with Crippen molar-refractivity contribution in [2.24, 2.45) is 12.9 Å². The Hall–Kier alpha value is -0.960. The van der Waals surface area contributed by atoms with E-state index < -0.39 is 0 Å². The quantitative estimate of drug-likeness (QED) is 0.404. The van der Waals surface area contributed by atoms with Crippen molar-refractivity contribution in [3.05, 3.63) is 50.0 Å². The molecule has 1 aromatic carbocycles. The average molecular weight is 398 g/mol. The van der Waals surface area contributed by atoms with Gasteiger partial charge in [-0.2, -0.15) is 0 Å². The molecule has 20 heavy (non-hydrogen) atoms. The minimum absolute atomic E-state index is 0.0882. The number of aromatic nitrogens is 2. The van der Waals surface area contributed by atoms with Crippen LogP contribution in [-0.2, 0) is 13.5 Å². The number of hydrazine groups is 1. The van der Waals surface area contributed by atoms with Crippen molar-refractivity contribution in [3.8, 4) is 0 Å². The van der Waals surface area contributed by atoms with Gasteiger partial charge in [0.05, 0.1) is 20.0 Å². The van der Waals surface area contributed by atoms with Gasteiger partial charge in [0.2, 0.25) is 0 Å². The first kappa shape index (κ1) is 14.0. The third-order valence-electron chi connectivity index (χ3n) is 3.46. The second kappa shape index (κ2) is 5.80. The Balaban J connectivity index is 1.93. The van der Waals surface area contributed by atoms with Gasteiger partial charge in [0.25, 0.3) is 0 Å². The first-order chi connectivity index (χ1) is 9.69. The highest BCUT2D eigenvalue weighted by Crippen LogP contribution is 2.25. The number of para-hydroxylation sites is 2. The molecule has 0 aliphatic rings. The Labute approximate surface area is 135 Å². The van der Waals surface area contributed by atoms with Gasteiger partial charge in [-0.25, -0.2) is 4.98 Å². The standard InChI is InChI=1S/C14H15IN4S/c1-19-12-5-3-2-4-10(12)17-14(19)7-11(18-16)9-6-13(15)20-8-9/h2-6,8,11,18H,7,16H2,1H3. The molecule has 0 amide bonds. The monoisotopic (exact) mass is 398 g/mol. The van der Waals surface area contributed by atoms with Gasteiger partial charge in [-0.1, -0.05) is 12.1 Å². The van der Waals surface area contributed by atoms with Crippen LogP contribution >= 0.6 is 33.9 Å². The molecule has 3 aromatic rings. The normalized spacial score (nSPS) is 12.9. The number of imidazole rings is 1. The van der Waals surface area contributed by atoms with Gasteiger partial charge in [-0.15, -0.1) is 11.3 Å². The number of rotatable bonds is 4. The van der Waals surface area contributed by atoms with Crippen LogP contribution in [-0.4, -0.2) is 9.55 Å². The summed E-state index contributed by atoms with van der Waals surface area (Å²) in [5.74, 6) is 6.76. The van der Waals surface area contributed by atoms with E-state index in [2.05, 4.69) is 57.1 Å². The topological polar surface area (TPSA) is 55.9 Å². The Morgan fingerprint density at radius 3 is 2.90 bits per heavy atom. The minimum Gasteiger partial charge on any atom is -0.331 e. The lowest BCUT2D eigenvalue weighted by Gasteiger charge is -2.14. The molecule has 0 bridgehead atoms. The van der Waals surface area contributed by atoms with Crippen molar-refractivity contribution in [1.29, 1.82) is 0 Å². The molecule has 3 rings (SSSR count). The van der Waals surface area contributed by atoms with Gasteiger partial charge in [-0.3, -0.25) is 11.3 Å². The van der Waals surface area contributed by atoms with Crippen LogP contribution in [0.4, 0.5) is 0 Å². The minimum atomic E-state index is 0.0882. The van der Waals surface area contributed by atoms with Crippen molar-refractivity contribution in [3.63, 3.8) is 0 Å². The average Bonchev–Trinajstić information content (AvgIpc) is 3.01. The first-order valence-electron chi connectivity index (χ1n) is 6.29. The maximum Gasteiger partial charge on any atom is 0.111 e. The summed E-state index contributed by atoms with van der Waals surface area (Å²) in [5, 5.41) is 2.15. The summed E-state index contributed by atoms with van der Waals surface area (Å²) in [6.07, 6.45) is 0.772. The van der Waals surface area contributed by atoms with Crippen LogP contribution in [0.5, 0.6) is 0 Å². The third-order valence-corrected chi connectivity index (χ3v) is 5.26. The summed E-state index contributed by atoms with van der Waals surface area (Å²) in [5.41, 5.74) is 6.30. The number of halogens is 1. The number of hydrogen-bond donors (Lipinski definition) is 2. The number of nitrogens with two attached hydrogens (primary N) is 1. The zero-order chi connectivity index (χ0) is 14.1. The SMILES string of the molecule is Cn1c(CC(NN)c2csc(I)c2)nc2ccccc21. The molecule has 6 heteroatoms. The largest absolute Gasteiger partial charge is 0.331 e. The van der Waals surface area contributed by atoms with E-state index in [1.54, 1.807) is 11.3 Å². The van der Waals surface area contributed by atoms with Crippen molar-refractivity contribution < 1.29 is 0 Å². The number of benzene rings is 1. The van der Waals surface area contributed by atoms with Crippen LogP contribution in [0.15, 0.2) is 35.7 Å². The molecule has 2 aromatic heterocycles. The molecule has 2 heterocycles. The fourth-order valence-electron chi connectivity index (χ4n) is 2.34. The Kier molecular flexibility index (Phi) is 4.06. The van der Waals surface area contributed by atoms with Crippen molar-refractivity contribution in [2.75, 3.05) is 0 Å². The molecule has 1 atom stereocenters. The van der Waals surface area contributed by atoms with E-state index in [1.807, 2.05) is 18.2 Å². The van der Waals surface area contributed by atoms with Crippen molar-refractivity contribution in [1.82, 2.24) is 15.0 Å². The molecule has 3 N–H and O–H groups in total. The van der Waals surface area contributed by atoms with Gasteiger partial charge in [-0.05, 0) is 51.7 Å². The molecule has 0 saturated heterocycles. The van der Waals surface area contributed by atoms with Crippen LogP contribution < -0.4 is 11.3 Å². The van der Waals surface area contributed by atoms with E-state index in [0.717, 1.165) is 23.3 Å². The van der Waals surface area contributed by atoms with Crippen molar-refractivity contribution in [2.45, 2.75) is 12.5 Å². The first-order valence-corrected chi connectivity index (χ1v) is 8.25. The van der Waals surface area contributed by atoms with Gasteiger partial charge in [0.1, 0.15) is 5.82 Å². The molecule has 4 nitrogen and oxygen atoms in total. The van der Waals surface area contributed by atoms with E-state index in [1.165, 1.54) is 8.45 Å². The second-order valence-corrected chi connectivity index (χ2v) is 7.49. The molecule has 104 valence electrons. The fourth-order valence-corrected chi connectivity index (χ4v) is 3.77. The maximum absolute atomic E-state index is 5.72. The van der Waals surface area contributed by atoms with Crippen LogP contribution in [0.2, 0.25) is 0 Å². The summed E-state index contributed by atoms with van der Waals surface area (Å²) >= 11 is 4.06. The third kappa shape index (κ3) is 2.60. The number of hydrogen-bond acceptors (Lipinski definition) is 4. The second-order valence-electron chi connectivity index (χ2n) is 4.68. The summed E-state index contributed by atoms with van der Waals surface area (Å²) in [6, 6.07) is 10.4. The zero-order valence-electron chi connectivity index (χ0n) is 11.0. The number of thiophene rings is 1. The molecule has 0 spiro atoms. The summed E-state index contributed by atoms with van der Waals surface area (Å²) in [7, 11) is 2.05. The molecule has 0 aliphatic carbocycles. The fraction of sp³-hybridized carbons (Fsp3) is 0.214. The highest BCUT2D eigenvalue weighted by atomic mass is 127. The maximum atomic E-state index is 5.72. The number of nitrogens with zero attached hydrogens (tertiary/aromatic N) is 2. The predicted octanol–water partition coefficient (Wildman–Crippen LogP) is 2.99. The van der Waals surface area contributed by atoms with Crippen LogP contribution in [0.25, 0.3) is 11.0 Å². The highest BCUT2D eigenvalue weighted by molar-refractivity contribution is 14.1. The Bertz CT molecular complexity index is 734. The van der Waals surface area contributed by atoms with E-state index in [0.29, 0.717) is 0 Å². The van der Waals surface area contributed by atoms with E-state index in [4.69, 9.17) is 10.8 Å². The lowest BCUT2D eigenvalue weighted by atomic mass is 10.1. The molecule has 1 unspecified atom stereocenters. The van der Waals surface area contributed by atoms with Gasteiger partial charge < -0.3 is 4.57 Å². The van der Waals surface area contributed by atoms with E-state index in [-0.39, 0.29) is 6.04 Å². The molecule has 0 fully saturated rings. The van der Waals surface area contributed by atoms with Crippen LogP contribution in [0, 0.1) is 2.88 Å². The summed E-state index contributed by atoms with van der Waals surface area (Å²) in [4.78, 5) is 4.70. The van der Waals surface area contributed by atoms with Gasteiger partial charge in [0.15, 0.2) is 0 Å². The number of aryl methyl sites for hydroxylation is 1. The number of nitrogens with one attached hydrogen (secondary N) is 1. The molecule has 0 aliphatic heterocycles. The highest BCUT2D eigenvalue weighted by Gasteiger charge is 2.16. The summed E-state index contributed by atoms with van der Waals surface area (Å²) < 4.78 is 3.40.